The Balaban J connectivity index is 2.94. The number of nitro groups is 1. The largest absolute Gasteiger partial charge is 0.276 e. The second kappa shape index (κ2) is 4.53. The molecule has 0 atom stereocenters. The molecule has 0 heterocycles. The molecule has 0 radical (unpaired) electrons. The van der Waals surface area contributed by atoms with E-state index in [1.54, 1.807) is 6.07 Å². The number of non-ortho nitro benzene ring substituents is 1. The predicted molar refractivity (Wildman–Crippen MR) is 53.0 cm³/mol. The van der Waals surface area contributed by atoms with Gasteiger partial charge in [0.15, 0.2) is 0 Å². The molecule has 4 nitrogen and oxygen atoms in total. The van der Waals surface area contributed by atoms with Crippen molar-refractivity contribution < 1.29 is 9.72 Å². The monoisotopic (exact) mass is 211 g/mol. The van der Waals surface area contributed by atoms with E-state index < -0.39 is 10.2 Å². The molecule has 72 valence electrons. The number of benzene rings is 1. The molecule has 1 aromatic rings. The van der Waals surface area contributed by atoms with Gasteiger partial charge in [-0.2, -0.15) is 0 Å². The minimum absolute atomic E-state index is 0.0193. The van der Waals surface area contributed by atoms with Crippen molar-refractivity contribution in [3.8, 4) is 0 Å². The standard InChI is InChI=1S/C9H6ClNO3/c10-9(12)5-4-7-2-1-3-8(6-7)11(13)14/h1-6H/b5-4+. The van der Waals surface area contributed by atoms with Gasteiger partial charge in [0.25, 0.3) is 5.69 Å². The van der Waals surface area contributed by atoms with Crippen LogP contribution in [0.5, 0.6) is 0 Å². The van der Waals surface area contributed by atoms with Gasteiger partial charge in [-0.25, -0.2) is 0 Å². The Morgan fingerprint density at radius 2 is 2.21 bits per heavy atom. The Morgan fingerprint density at radius 1 is 1.50 bits per heavy atom. The van der Waals surface area contributed by atoms with Gasteiger partial charge in [0, 0.05) is 12.1 Å². The first-order chi connectivity index (χ1) is 6.59. The first-order valence-electron chi connectivity index (χ1n) is 3.71. The fraction of sp³-hybridized carbons (Fsp3) is 0. The lowest BCUT2D eigenvalue weighted by Gasteiger charge is -1.92. The maximum Gasteiger partial charge on any atom is 0.270 e. The van der Waals surface area contributed by atoms with E-state index in [4.69, 9.17) is 11.6 Å². The van der Waals surface area contributed by atoms with Crippen LogP contribution in [0.2, 0.25) is 0 Å². The van der Waals surface area contributed by atoms with E-state index in [1.165, 1.54) is 24.3 Å². The van der Waals surface area contributed by atoms with E-state index in [0.717, 1.165) is 6.08 Å². The van der Waals surface area contributed by atoms with E-state index in [0.29, 0.717) is 5.56 Å². The molecule has 0 fully saturated rings. The van der Waals surface area contributed by atoms with Crippen molar-refractivity contribution in [1.82, 2.24) is 0 Å². The molecule has 0 aliphatic rings. The lowest BCUT2D eigenvalue weighted by molar-refractivity contribution is -0.384. The predicted octanol–water partition coefficient (Wildman–Crippen LogP) is 2.37. The van der Waals surface area contributed by atoms with Crippen molar-refractivity contribution >= 4 is 28.6 Å². The maximum absolute atomic E-state index is 10.4. The molecule has 0 N–H and O–H groups in total. The van der Waals surface area contributed by atoms with Crippen molar-refractivity contribution in [1.29, 1.82) is 0 Å². The third-order valence-electron chi connectivity index (χ3n) is 1.49. The van der Waals surface area contributed by atoms with Crippen LogP contribution in [0.1, 0.15) is 5.56 Å². The molecule has 14 heavy (non-hydrogen) atoms. The number of hydrogen-bond acceptors (Lipinski definition) is 3. The molecule has 0 saturated heterocycles. The summed E-state index contributed by atoms with van der Waals surface area (Å²) >= 11 is 5.07. The van der Waals surface area contributed by atoms with Gasteiger partial charge in [0.05, 0.1) is 4.92 Å². The summed E-state index contributed by atoms with van der Waals surface area (Å²) in [4.78, 5) is 20.3. The molecule has 0 spiro atoms. The average molecular weight is 212 g/mol. The second-order valence-electron chi connectivity index (χ2n) is 2.49. The lowest BCUT2D eigenvalue weighted by Crippen LogP contribution is -1.87. The van der Waals surface area contributed by atoms with E-state index in [9.17, 15) is 14.9 Å². The molecule has 5 heteroatoms. The first kappa shape index (κ1) is 10.4. The molecule has 0 aliphatic carbocycles. The molecule has 1 aromatic carbocycles. The van der Waals surface area contributed by atoms with Gasteiger partial charge in [-0.05, 0) is 29.3 Å². The van der Waals surface area contributed by atoms with Crippen LogP contribution in [0.3, 0.4) is 0 Å². The topological polar surface area (TPSA) is 60.2 Å². The van der Waals surface area contributed by atoms with Gasteiger partial charge in [-0.15, -0.1) is 0 Å². The van der Waals surface area contributed by atoms with Gasteiger partial charge in [0.1, 0.15) is 0 Å². The van der Waals surface area contributed by atoms with Crippen molar-refractivity contribution in [2.24, 2.45) is 0 Å². The van der Waals surface area contributed by atoms with Crippen LogP contribution < -0.4 is 0 Å². The number of nitrogens with zero attached hydrogens (tertiary/aromatic N) is 1. The highest BCUT2D eigenvalue weighted by atomic mass is 35.5. The van der Waals surface area contributed by atoms with Crippen molar-refractivity contribution in [3.63, 3.8) is 0 Å². The molecule has 0 saturated carbocycles. The molecular formula is C9H6ClNO3. The summed E-state index contributed by atoms with van der Waals surface area (Å²) < 4.78 is 0. The molecule has 0 unspecified atom stereocenters. The molecule has 1 rings (SSSR count). The van der Waals surface area contributed by atoms with Crippen LogP contribution in [-0.2, 0) is 4.79 Å². The number of halogens is 1. The Kier molecular flexibility index (Phi) is 3.36. The minimum Gasteiger partial charge on any atom is -0.276 e. The smallest absolute Gasteiger partial charge is 0.270 e. The first-order valence-corrected chi connectivity index (χ1v) is 4.09. The Hall–Kier alpha value is -1.68. The highest BCUT2D eigenvalue weighted by Crippen LogP contribution is 2.14. The SMILES string of the molecule is O=C(Cl)/C=C/c1cccc([N+](=O)[O-])c1. The summed E-state index contributed by atoms with van der Waals surface area (Å²) in [6.07, 6.45) is 2.56. The zero-order valence-corrected chi connectivity index (χ0v) is 7.77. The summed E-state index contributed by atoms with van der Waals surface area (Å²) in [6, 6.07) is 5.91. The molecule has 0 aromatic heterocycles. The lowest BCUT2D eigenvalue weighted by atomic mass is 10.2. The van der Waals surface area contributed by atoms with E-state index >= 15 is 0 Å². The van der Waals surface area contributed by atoms with Crippen LogP contribution in [0, 0.1) is 10.1 Å². The number of carbonyl (C=O) groups is 1. The second-order valence-corrected chi connectivity index (χ2v) is 2.86. The fourth-order valence-corrected chi connectivity index (χ4v) is 0.967. The summed E-state index contributed by atoms with van der Waals surface area (Å²) in [6.45, 7) is 0. The molecule has 0 amide bonds. The number of rotatable bonds is 3. The third kappa shape index (κ3) is 2.99. The van der Waals surface area contributed by atoms with Gasteiger partial charge in [-0.3, -0.25) is 14.9 Å². The zero-order valence-electron chi connectivity index (χ0n) is 7.01. The van der Waals surface area contributed by atoms with Crippen LogP contribution >= 0.6 is 11.6 Å². The van der Waals surface area contributed by atoms with Crippen LogP contribution in [0.15, 0.2) is 30.3 Å². The Morgan fingerprint density at radius 3 is 2.79 bits per heavy atom. The van der Waals surface area contributed by atoms with Crippen molar-refractivity contribution in [3.05, 3.63) is 46.0 Å². The number of carbonyl (C=O) groups excluding carboxylic acids is 1. The minimum atomic E-state index is -0.614. The summed E-state index contributed by atoms with van der Waals surface area (Å²) in [5.41, 5.74) is 0.544. The van der Waals surface area contributed by atoms with Crippen molar-refractivity contribution in [2.45, 2.75) is 0 Å². The maximum atomic E-state index is 10.4. The highest BCUT2D eigenvalue weighted by molar-refractivity contribution is 6.66. The van der Waals surface area contributed by atoms with Crippen LogP contribution in [0.25, 0.3) is 6.08 Å². The zero-order chi connectivity index (χ0) is 10.6. The van der Waals surface area contributed by atoms with Crippen LogP contribution in [0.4, 0.5) is 5.69 Å². The van der Waals surface area contributed by atoms with E-state index in [-0.39, 0.29) is 5.69 Å². The van der Waals surface area contributed by atoms with Crippen LogP contribution in [-0.4, -0.2) is 10.2 Å². The molecule has 0 bridgehead atoms. The molecule has 0 aliphatic heterocycles. The number of hydrogen-bond donors (Lipinski definition) is 0. The van der Waals surface area contributed by atoms with Gasteiger partial charge >= 0.3 is 0 Å². The summed E-state index contributed by atoms with van der Waals surface area (Å²) in [7, 11) is 0. The van der Waals surface area contributed by atoms with Gasteiger partial charge < -0.3 is 0 Å². The summed E-state index contributed by atoms with van der Waals surface area (Å²) in [5.74, 6) is 0. The third-order valence-corrected chi connectivity index (χ3v) is 1.61. The fourth-order valence-electron chi connectivity index (χ4n) is 0.904. The van der Waals surface area contributed by atoms with E-state index in [1.807, 2.05) is 0 Å². The number of allylic oxidation sites excluding steroid dienone is 1. The quantitative estimate of drug-likeness (QED) is 0.334. The molecular weight excluding hydrogens is 206 g/mol. The normalized spacial score (nSPS) is 10.4. The Labute approximate surface area is 85.0 Å². The van der Waals surface area contributed by atoms with E-state index in [2.05, 4.69) is 0 Å². The summed E-state index contributed by atoms with van der Waals surface area (Å²) in [5, 5.41) is 9.77. The Bertz CT molecular complexity index is 401. The van der Waals surface area contributed by atoms with Crippen molar-refractivity contribution in [2.75, 3.05) is 0 Å². The highest BCUT2D eigenvalue weighted by Gasteiger charge is 2.03. The van der Waals surface area contributed by atoms with Gasteiger partial charge in [-0.1, -0.05) is 12.1 Å². The number of nitro benzene ring substituents is 1. The van der Waals surface area contributed by atoms with Gasteiger partial charge in [0.2, 0.25) is 5.24 Å². The average Bonchev–Trinajstić information content (AvgIpc) is 2.15.